The largest absolute Gasteiger partial charge is 0.465 e. The lowest BCUT2D eigenvalue weighted by atomic mass is 10.2. The quantitative estimate of drug-likeness (QED) is 0.629. The van der Waals surface area contributed by atoms with Crippen LogP contribution >= 0.6 is 11.6 Å². The molecule has 2 rings (SSSR count). The summed E-state index contributed by atoms with van der Waals surface area (Å²) in [7, 11) is 1.24. The molecule has 2 aromatic rings. The molecule has 0 spiro atoms. The zero-order valence-electron chi connectivity index (χ0n) is 10.3. The van der Waals surface area contributed by atoms with Crippen molar-refractivity contribution in [2.45, 2.75) is 0 Å². The first kappa shape index (κ1) is 14.3. The van der Waals surface area contributed by atoms with Crippen LogP contribution < -0.4 is 4.74 Å². The zero-order chi connectivity index (χ0) is 14.7. The van der Waals surface area contributed by atoms with Crippen LogP contribution in [0.1, 0.15) is 10.4 Å². The van der Waals surface area contributed by atoms with Crippen molar-refractivity contribution >= 4 is 17.6 Å². The van der Waals surface area contributed by atoms with Crippen molar-refractivity contribution in [1.29, 1.82) is 0 Å². The molecule has 3 nitrogen and oxygen atoms in total. The predicted molar refractivity (Wildman–Crippen MR) is 69.2 cm³/mol. The van der Waals surface area contributed by atoms with Crippen molar-refractivity contribution in [3.05, 3.63) is 58.6 Å². The highest BCUT2D eigenvalue weighted by Crippen LogP contribution is 2.32. The van der Waals surface area contributed by atoms with E-state index in [0.717, 1.165) is 6.07 Å². The fraction of sp³-hybridized carbons (Fsp3) is 0.0714. The molecule has 0 heterocycles. The van der Waals surface area contributed by atoms with Gasteiger partial charge in [-0.15, -0.1) is 0 Å². The van der Waals surface area contributed by atoms with E-state index in [1.165, 1.54) is 25.3 Å². The molecule has 0 saturated carbocycles. The van der Waals surface area contributed by atoms with Crippen LogP contribution in [-0.2, 0) is 4.74 Å². The molecule has 0 N–H and O–H groups in total. The second-order valence-corrected chi connectivity index (χ2v) is 4.20. The van der Waals surface area contributed by atoms with Crippen LogP contribution in [0, 0.1) is 11.6 Å². The fourth-order valence-electron chi connectivity index (χ4n) is 1.54. The number of benzene rings is 2. The van der Waals surface area contributed by atoms with Crippen LogP contribution in [-0.4, -0.2) is 13.1 Å². The Morgan fingerprint density at radius 2 is 1.95 bits per heavy atom. The second kappa shape index (κ2) is 5.88. The van der Waals surface area contributed by atoms with Crippen molar-refractivity contribution in [3.63, 3.8) is 0 Å². The zero-order valence-corrected chi connectivity index (χ0v) is 11.1. The lowest BCUT2D eigenvalue weighted by Crippen LogP contribution is -2.01. The molecule has 0 aliphatic rings. The van der Waals surface area contributed by atoms with Gasteiger partial charge >= 0.3 is 5.97 Å². The van der Waals surface area contributed by atoms with Crippen molar-refractivity contribution in [2.75, 3.05) is 7.11 Å². The van der Waals surface area contributed by atoms with E-state index >= 15 is 0 Å². The minimum atomic E-state index is -0.925. The maximum atomic E-state index is 13.3. The summed E-state index contributed by atoms with van der Waals surface area (Å²) in [6.07, 6.45) is 0. The number of carbonyl (C=O) groups excluding carboxylic acids is 1. The molecule has 0 radical (unpaired) electrons. The van der Waals surface area contributed by atoms with E-state index in [1.54, 1.807) is 6.07 Å². The molecule has 6 heteroatoms. The number of esters is 1. The van der Waals surface area contributed by atoms with E-state index in [1.807, 2.05) is 0 Å². The summed E-state index contributed by atoms with van der Waals surface area (Å²) < 4.78 is 36.2. The molecule has 0 fully saturated rings. The van der Waals surface area contributed by atoms with E-state index in [0.29, 0.717) is 6.07 Å². The summed E-state index contributed by atoms with van der Waals surface area (Å²) in [5.41, 5.74) is 0.248. The molecule has 0 saturated heterocycles. The van der Waals surface area contributed by atoms with Gasteiger partial charge in [0.05, 0.1) is 12.7 Å². The van der Waals surface area contributed by atoms with Gasteiger partial charge in [0.2, 0.25) is 0 Å². The number of hydrogen-bond donors (Lipinski definition) is 0. The molecule has 20 heavy (non-hydrogen) atoms. The predicted octanol–water partition coefficient (Wildman–Crippen LogP) is 4.20. The SMILES string of the molecule is COC(=O)c1cccc(Oc2cc(F)cc(F)c2Cl)c1. The molecule has 2 aromatic carbocycles. The molecule has 104 valence electrons. The summed E-state index contributed by atoms with van der Waals surface area (Å²) in [6, 6.07) is 7.57. The van der Waals surface area contributed by atoms with Crippen LogP contribution in [0.5, 0.6) is 11.5 Å². The summed E-state index contributed by atoms with van der Waals surface area (Å²) in [4.78, 5) is 11.4. The van der Waals surface area contributed by atoms with E-state index in [-0.39, 0.29) is 22.1 Å². The van der Waals surface area contributed by atoms with Gasteiger partial charge in [-0.1, -0.05) is 17.7 Å². The van der Waals surface area contributed by atoms with Crippen molar-refractivity contribution in [1.82, 2.24) is 0 Å². The first-order valence-electron chi connectivity index (χ1n) is 5.52. The van der Waals surface area contributed by atoms with Gasteiger partial charge in [0.1, 0.15) is 22.4 Å². The van der Waals surface area contributed by atoms with Crippen molar-refractivity contribution in [3.8, 4) is 11.5 Å². The monoisotopic (exact) mass is 298 g/mol. The van der Waals surface area contributed by atoms with E-state index in [4.69, 9.17) is 16.3 Å². The van der Waals surface area contributed by atoms with Gasteiger partial charge in [0.15, 0.2) is 5.75 Å². The maximum absolute atomic E-state index is 13.3. The molecule has 0 aliphatic carbocycles. The smallest absolute Gasteiger partial charge is 0.337 e. The van der Waals surface area contributed by atoms with E-state index in [9.17, 15) is 13.6 Å². The minimum Gasteiger partial charge on any atom is -0.465 e. The van der Waals surface area contributed by atoms with Crippen LogP contribution in [0.15, 0.2) is 36.4 Å². The lowest BCUT2D eigenvalue weighted by Gasteiger charge is -2.09. The van der Waals surface area contributed by atoms with Crippen molar-refractivity contribution < 1.29 is 23.0 Å². The Bertz CT molecular complexity index is 659. The molecular formula is C14H9ClF2O3. The Balaban J connectivity index is 2.33. The third-order valence-corrected chi connectivity index (χ3v) is 2.81. The summed E-state index contributed by atoms with van der Waals surface area (Å²) in [6.45, 7) is 0. The number of methoxy groups -OCH3 is 1. The molecule has 0 amide bonds. The van der Waals surface area contributed by atoms with Gasteiger partial charge in [-0.3, -0.25) is 0 Å². The highest BCUT2D eigenvalue weighted by atomic mass is 35.5. The normalized spacial score (nSPS) is 10.2. The second-order valence-electron chi connectivity index (χ2n) is 3.82. The highest BCUT2D eigenvalue weighted by Gasteiger charge is 2.12. The third kappa shape index (κ3) is 3.05. The first-order valence-corrected chi connectivity index (χ1v) is 5.90. The number of ether oxygens (including phenoxy) is 2. The van der Waals surface area contributed by atoms with Crippen LogP contribution in [0.2, 0.25) is 5.02 Å². The fourth-order valence-corrected chi connectivity index (χ4v) is 1.69. The molecule has 0 bridgehead atoms. The van der Waals surface area contributed by atoms with Gasteiger partial charge in [0.25, 0.3) is 0 Å². The first-order chi connectivity index (χ1) is 9.51. The lowest BCUT2D eigenvalue weighted by molar-refractivity contribution is 0.0600. The minimum absolute atomic E-state index is 0.175. The van der Waals surface area contributed by atoms with Crippen LogP contribution in [0.4, 0.5) is 8.78 Å². The van der Waals surface area contributed by atoms with Gasteiger partial charge in [-0.25, -0.2) is 13.6 Å². The summed E-state index contributed by atoms with van der Waals surface area (Å²) in [5, 5.41) is -0.338. The van der Waals surface area contributed by atoms with E-state index < -0.39 is 17.6 Å². The Morgan fingerprint density at radius 3 is 2.65 bits per heavy atom. The summed E-state index contributed by atoms with van der Waals surface area (Å²) in [5.74, 6) is -2.25. The average Bonchev–Trinajstić information content (AvgIpc) is 2.43. The topological polar surface area (TPSA) is 35.5 Å². The number of rotatable bonds is 3. The summed E-state index contributed by atoms with van der Waals surface area (Å²) >= 11 is 5.69. The highest BCUT2D eigenvalue weighted by molar-refractivity contribution is 6.32. The van der Waals surface area contributed by atoms with Gasteiger partial charge < -0.3 is 9.47 Å². The molecule has 0 unspecified atom stereocenters. The Labute approximate surface area is 118 Å². The maximum Gasteiger partial charge on any atom is 0.337 e. The average molecular weight is 299 g/mol. The van der Waals surface area contributed by atoms with Gasteiger partial charge in [-0.05, 0) is 18.2 Å². The van der Waals surface area contributed by atoms with Crippen LogP contribution in [0.3, 0.4) is 0 Å². The molecule has 0 aromatic heterocycles. The van der Waals surface area contributed by atoms with E-state index in [2.05, 4.69) is 4.74 Å². The molecular weight excluding hydrogens is 290 g/mol. The third-order valence-electron chi connectivity index (χ3n) is 2.44. The van der Waals surface area contributed by atoms with Crippen molar-refractivity contribution in [2.24, 2.45) is 0 Å². The Morgan fingerprint density at radius 1 is 1.20 bits per heavy atom. The van der Waals surface area contributed by atoms with Gasteiger partial charge in [0, 0.05) is 12.1 Å². The molecule has 0 aliphatic heterocycles. The number of carbonyl (C=O) groups is 1. The molecule has 0 atom stereocenters. The number of halogens is 3. The Kier molecular flexibility index (Phi) is 4.20. The van der Waals surface area contributed by atoms with Gasteiger partial charge in [-0.2, -0.15) is 0 Å². The Hall–Kier alpha value is -2.14. The standard InChI is InChI=1S/C14H9ClF2O3/c1-19-14(18)8-3-2-4-10(5-8)20-12-7-9(16)6-11(17)13(12)15/h2-7H,1H3. The van der Waals surface area contributed by atoms with Crippen LogP contribution in [0.25, 0.3) is 0 Å². The number of hydrogen-bond acceptors (Lipinski definition) is 3.